The van der Waals surface area contributed by atoms with E-state index < -0.39 is 15.6 Å². The van der Waals surface area contributed by atoms with Crippen LogP contribution in [0, 0.1) is 0 Å². The first-order chi connectivity index (χ1) is 8.32. The summed E-state index contributed by atoms with van der Waals surface area (Å²) in [5, 5.41) is 9.24. The number of aromatic nitrogens is 2. The van der Waals surface area contributed by atoms with E-state index in [1.54, 1.807) is 20.9 Å². The highest BCUT2D eigenvalue weighted by Gasteiger charge is 2.24. The average molecular weight is 276 g/mol. The summed E-state index contributed by atoms with van der Waals surface area (Å²) in [4.78, 5) is 0. The highest BCUT2D eigenvalue weighted by atomic mass is 32.2. The van der Waals surface area contributed by atoms with E-state index in [1.165, 1.54) is 13.3 Å². The number of methoxy groups -OCH3 is 1. The molecule has 0 aromatic carbocycles. The Kier molecular flexibility index (Phi) is 4.85. The molecule has 0 atom stereocenters. The number of hydrogen-bond acceptors (Lipinski definition) is 5. The van der Waals surface area contributed by atoms with Gasteiger partial charge in [0.1, 0.15) is 0 Å². The molecule has 1 aromatic heterocycles. The smallest absolute Gasteiger partial charge is 0.257 e. The molecule has 0 amide bonds. The molecule has 0 fully saturated rings. The molecule has 0 aliphatic heterocycles. The van der Waals surface area contributed by atoms with Gasteiger partial charge in [0.05, 0.1) is 11.8 Å². The van der Waals surface area contributed by atoms with Crippen LogP contribution in [0.2, 0.25) is 0 Å². The maximum absolute atomic E-state index is 12.1. The standard InChI is InChI=1S/C10H20N4O3S/c1-10(2,17-4)7-13-18(15,16)9-8(5-11-3)6-12-14-9/h6,11,13H,5,7H2,1-4H3,(H,12,14). The molecule has 0 spiro atoms. The van der Waals surface area contributed by atoms with Crippen molar-refractivity contribution in [3.05, 3.63) is 11.8 Å². The Labute approximate surface area is 107 Å². The van der Waals surface area contributed by atoms with Crippen molar-refractivity contribution in [3.63, 3.8) is 0 Å². The zero-order valence-electron chi connectivity index (χ0n) is 11.1. The second-order valence-corrected chi connectivity index (χ2v) is 6.25. The Balaban J connectivity index is 2.83. The molecule has 7 nitrogen and oxygen atoms in total. The van der Waals surface area contributed by atoms with Crippen LogP contribution in [0.4, 0.5) is 0 Å². The molecule has 1 aromatic rings. The van der Waals surface area contributed by atoms with Crippen molar-refractivity contribution < 1.29 is 13.2 Å². The zero-order chi connectivity index (χ0) is 13.8. The lowest BCUT2D eigenvalue weighted by molar-refractivity contribution is 0.0276. The molecular formula is C10H20N4O3S. The largest absolute Gasteiger partial charge is 0.377 e. The minimum atomic E-state index is -3.60. The van der Waals surface area contributed by atoms with Crippen molar-refractivity contribution >= 4 is 10.0 Å². The molecule has 0 saturated heterocycles. The quantitative estimate of drug-likeness (QED) is 0.642. The van der Waals surface area contributed by atoms with E-state index in [-0.39, 0.29) is 11.6 Å². The summed E-state index contributed by atoms with van der Waals surface area (Å²) in [6.45, 7) is 4.22. The number of sulfonamides is 1. The van der Waals surface area contributed by atoms with Gasteiger partial charge in [0.15, 0.2) is 5.03 Å². The average Bonchev–Trinajstić information content (AvgIpc) is 2.76. The number of rotatable bonds is 7. The van der Waals surface area contributed by atoms with Crippen LogP contribution in [0.5, 0.6) is 0 Å². The summed E-state index contributed by atoms with van der Waals surface area (Å²) >= 11 is 0. The molecule has 1 rings (SSSR count). The van der Waals surface area contributed by atoms with E-state index in [1.807, 2.05) is 0 Å². The summed E-state index contributed by atoms with van der Waals surface area (Å²) in [6.07, 6.45) is 1.49. The van der Waals surface area contributed by atoms with Crippen LogP contribution in [0.25, 0.3) is 0 Å². The molecule has 8 heteroatoms. The molecule has 0 radical (unpaired) electrons. The van der Waals surface area contributed by atoms with Crippen LogP contribution in [-0.2, 0) is 21.3 Å². The minimum absolute atomic E-state index is 0.0868. The van der Waals surface area contributed by atoms with E-state index in [0.717, 1.165) is 0 Å². The SMILES string of the molecule is CNCc1cn[nH]c1S(=O)(=O)NCC(C)(C)OC. The van der Waals surface area contributed by atoms with Gasteiger partial charge in [-0.15, -0.1) is 0 Å². The molecule has 3 N–H and O–H groups in total. The molecule has 0 aliphatic rings. The first-order valence-electron chi connectivity index (χ1n) is 5.54. The Bertz CT molecular complexity index is 481. The first kappa shape index (κ1) is 15.1. The van der Waals surface area contributed by atoms with Crippen LogP contribution in [0.3, 0.4) is 0 Å². The summed E-state index contributed by atoms with van der Waals surface area (Å²) in [6, 6.07) is 0. The van der Waals surface area contributed by atoms with Gasteiger partial charge >= 0.3 is 0 Å². The van der Waals surface area contributed by atoms with E-state index in [2.05, 4.69) is 20.2 Å². The maximum Gasteiger partial charge on any atom is 0.257 e. The fraction of sp³-hybridized carbons (Fsp3) is 0.700. The summed E-state index contributed by atoms with van der Waals surface area (Å²) in [5.74, 6) is 0. The summed E-state index contributed by atoms with van der Waals surface area (Å²) in [7, 11) is -0.322. The second-order valence-electron chi connectivity index (χ2n) is 4.54. The van der Waals surface area contributed by atoms with Gasteiger partial charge in [-0.3, -0.25) is 5.10 Å². The van der Waals surface area contributed by atoms with Crippen LogP contribution >= 0.6 is 0 Å². The zero-order valence-corrected chi connectivity index (χ0v) is 11.9. The van der Waals surface area contributed by atoms with Crippen LogP contribution in [0.15, 0.2) is 11.2 Å². The van der Waals surface area contributed by atoms with Gasteiger partial charge in [0.2, 0.25) is 0 Å². The Morgan fingerprint density at radius 2 is 2.17 bits per heavy atom. The van der Waals surface area contributed by atoms with E-state index >= 15 is 0 Å². The lowest BCUT2D eigenvalue weighted by atomic mass is 10.1. The van der Waals surface area contributed by atoms with Crippen molar-refractivity contribution in [2.75, 3.05) is 20.7 Å². The van der Waals surface area contributed by atoms with Gasteiger partial charge in [0.25, 0.3) is 10.0 Å². The minimum Gasteiger partial charge on any atom is -0.377 e. The number of nitrogens with zero attached hydrogens (tertiary/aromatic N) is 1. The molecular weight excluding hydrogens is 256 g/mol. The number of nitrogens with one attached hydrogen (secondary N) is 3. The van der Waals surface area contributed by atoms with E-state index in [4.69, 9.17) is 4.74 Å². The summed E-state index contributed by atoms with van der Waals surface area (Å²) in [5.41, 5.74) is 0.0382. The molecule has 0 bridgehead atoms. The Morgan fingerprint density at radius 3 is 2.72 bits per heavy atom. The topological polar surface area (TPSA) is 96.1 Å². The van der Waals surface area contributed by atoms with Gasteiger partial charge in [-0.05, 0) is 20.9 Å². The maximum atomic E-state index is 12.1. The van der Waals surface area contributed by atoms with Gasteiger partial charge in [-0.25, -0.2) is 13.1 Å². The normalized spacial score (nSPS) is 12.9. The van der Waals surface area contributed by atoms with Crippen molar-refractivity contribution in [2.45, 2.75) is 31.0 Å². The molecule has 0 aliphatic carbocycles. The van der Waals surface area contributed by atoms with E-state index in [0.29, 0.717) is 12.1 Å². The predicted molar refractivity (Wildman–Crippen MR) is 67.6 cm³/mol. The molecule has 0 unspecified atom stereocenters. The Hall–Kier alpha value is -0.960. The van der Waals surface area contributed by atoms with Crippen LogP contribution in [0.1, 0.15) is 19.4 Å². The van der Waals surface area contributed by atoms with E-state index in [9.17, 15) is 8.42 Å². The highest BCUT2D eigenvalue weighted by Crippen LogP contribution is 2.13. The van der Waals surface area contributed by atoms with Gasteiger partial charge in [-0.1, -0.05) is 0 Å². The number of hydrogen-bond donors (Lipinski definition) is 3. The molecule has 1 heterocycles. The summed E-state index contributed by atoms with van der Waals surface area (Å²) < 4.78 is 31.8. The van der Waals surface area contributed by atoms with Crippen molar-refractivity contribution in [1.29, 1.82) is 0 Å². The van der Waals surface area contributed by atoms with Crippen molar-refractivity contribution in [3.8, 4) is 0 Å². The second kappa shape index (κ2) is 5.79. The third kappa shape index (κ3) is 3.77. The van der Waals surface area contributed by atoms with Crippen molar-refractivity contribution in [2.24, 2.45) is 0 Å². The van der Waals surface area contributed by atoms with Crippen LogP contribution in [-0.4, -0.2) is 44.9 Å². The monoisotopic (exact) mass is 276 g/mol. The van der Waals surface area contributed by atoms with Gasteiger partial charge in [-0.2, -0.15) is 5.10 Å². The Morgan fingerprint density at radius 1 is 1.50 bits per heavy atom. The number of H-pyrrole nitrogens is 1. The third-order valence-corrected chi connectivity index (χ3v) is 3.97. The first-order valence-corrected chi connectivity index (χ1v) is 7.02. The molecule has 18 heavy (non-hydrogen) atoms. The van der Waals surface area contributed by atoms with Gasteiger partial charge in [0, 0.05) is 25.8 Å². The fourth-order valence-corrected chi connectivity index (χ4v) is 2.59. The van der Waals surface area contributed by atoms with Crippen molar-refractivity contribution in [1.82, 2.24) is 20.2 Å². The van der Waals surface area contributed by atoms with Gasteiger partial charge < -0.3 is 10.1 Å². The lowest BCUT2D eigenvalue weighted by Crippen LogP contribution is -2.40. The number of aromatic amines is 1. The highest BCUT2D eigenvalue weighted by molar-refractivity contribution is 7.89. The van der Waals surface area contributed by atoms with Crippen LogP contribution < -0.4 is 10.0 Å². The lowest BCUT2D eigenvalue weighted by Gasteiger charge is -2.22. The number of ether oxygens (including phenoxy) is 1. The predicted octanol–water partition coefficient (Wildman–Crippen LogP) is -0.168. The molecule has 0 saturated carbocycles. The fourth-order valence-electron chi connectivity index (χ4n) is 1.26. The molecule has 104 valence electrons. The third-order valence-electron chi connectivity index (χ3n) is 2.55.